The van der Waals surface area contributed by atoms with Crippen LogP contribution in [0.3, 0.4) is 0 Å². The number of carbonyl (C=O) groups excluding carboxylic acids is 1. The Hall–Kier alpha value is -3.90. The van der Waals surface area contributed by atoms with Gasteiger partial charge in [-0.1, -0.05) is 42.0 Å². The lowest BCUT2D eigenvalue weighted by molar-refractivity contribution is 0.102. The lowest BCUT2D eigenvalue weighted by Gasteiger charge is -2.35. The number of aromatic nitrogens is 2. The molecule has 1 aromatic heterocycles. The summed E-state index contributed by atoms with van der Waals surface area (Å²) in [6.45, 7) is 7.92. The van der Waals surface area contributed by atoms with Crippen LogP contribution in [0.25, 0.3) is 16.8 Å². The zero-order valence-corrected chi connectivity index (χ0v) is 20.5. The Kier molecular flexibility index (Phi) is 6.38. The maximum Gasteiger partial charge on any atom is 0.255 e. The summed E-state index contributed by atoms with van der Waals surface area (Å²) in [5, 5.41) is 7.85. The van der Waals surface area contributed by atoms with Gasteiger partial charge in [0, 0.05) is 43.0 Å². The Morgan fingerprint density at radius 3 is 2.40 bits per heavy atom. The third kappa shape index (κ3) is 4.84. The molecule has 4 aromatic rings. The van der Waals surface area contributed by atoms with Crippen molar-refractivity contribution in [1.29, 1.82) is 0 Å². The minimum absolute atomic E-state index is 0.0991. The van der Waals surface area contributed by atoms with Gasteiger partial charge in [0.05, 0.1) is 23.3 Å². The minimum Gasteiger partial charge on any atom is -0.367 e. The first kappa shape index (κ1) is 22.9. The van der Waals surface area contributed by atoms with Gasteiger partial charge in [-0.25, -0.2) is 4.68 Å². The number of aryl methyl sites for hydroxylation is 1. The maximum atomic E-state index is 13.2. The Morgan fingerprint density at radius 1 is 0.886 bits per heavy atom. The summed E-state index contributed by atoms with van der Waals surface area (Å²) in [5.74, 6) is -0.0991. The lowest BCUT2D eigenvalue weighted by atomic mass is 10.0. The number of nitrogens with one attached hydrogen (secondary N) is 1. The fourth-order valence-electron chi connectivity index (χ4n) is 4.63. The van der Waals surface area contributed by atoms with E-state index in [1.54, 1.807) is 0 Å². The van der Waals surface area contributed by atoms with Gasteiger partial charge in [-0.15, -0.1) is 0 Å². The van der Waals surface area contributed by atoms with Crippen LogP contribution < -0.4 is 10.2 Å². The van der Waals surface area contributed by atoms with Crippen molar-refractivity contribution in [2.45, 2.75) is 13.8 Å². The molecule has 5 rings (SSSR count). The van der Waals surface area contributed by atoms with Crippen LogP contribution >= 0.6 is 0 Å². The Bertz CT molecular complexity index is 1340. The second kappa shape index (κ2) is 9.76. The molecule has 0 unspecified atom stereocenters. The molecule has 0 spiro atoms. The second-order valence-corrected chi connectivity index (χ2v) is 9.24. The number of hydrogen-bond donors (Lipinski definition) is 1. The molecule has 1 amide bonds. The highest BCUT2D eigenvalue weighted by atomic mass is 16.1. The largest absolute Gasteiger partial charge is 0.367 e. The Balaban J connectivity index is 1.52. The fraction of sp³-hybridized carbons (Fsp3) is 0.241. The molecule has 0 atom stereocenters. The van der Waals surface area contributed by atoms with Gasteiger partial charge in [-0.05, 0) is 62.9 Å². The van der Waals surface area contributed by atoms with E-state index in [-0.39, 0.29) is 5.91 Å². The number of nitrogens with zero attached hydrogens (tertiary/aromatic N) is 4. The van der Waals surface area contributed by atoms with Crippen LogP contribution in [0.15, 0.2) is 79.0 Å². The number of hydrogen-bond acceptors (Lipinski definition) is 4. The lowest BCUT2D eigenvalue weighted by Crippen LogP contribution is -2.44. The summed E-state index contributed by atoms with van der Waals surface area (Å²) in [4.78, 5) is 17.9. The average Bonchev–Trinajstić information content (AvgIpc) is 3.26. The maximum absolute atomic E-state index is 13.2. The molecular weight excluding hydrogens is 434 g/mol. The summed E-state index contributed by atoms with van der Waals surface area (Å²) in [6.07, 6.45) is 1.90. The van der Waals surface area contributed by atoms with Crippen LogP contribution in [0.5, 0.6) is 0 Å². The summed E-state index contributed by atoms with van der Waals surface area (Å²) in [7, 11) is 2.15. The standard InChI is InChI=1S/C29H31N5O/c1-21-8-7-9-24(18-21)29(35)31-27-19-23(12-13-28(27)33-16-14-32(3)15-17-33)26-20-30-34(22(26)2)25-10-5-4-6-11-25/h4-13,18-20H,14-17H2,1-3H3,(H,31,35). The summed E-state index contributed by atoms with van der Waals surface area (Å²) in [6, 6.07) is 24.2. The molecule has 35 heavy (non-hydrogen) atoms. The van der Waals surface area contributed by atoms with Gasteiger partial charge < -0.3 is 15.1 Å². The molecule has 6 heteroatoms. The molecule has 1 aliphatic rings. The highest BCUT2D eigenvalue weighted by Gasteiger charge is 2.20. The second-order valence-electron chi connectivity index (χ2n) is 9.24. The normalized spacial score (nSPS) is 14.2. The zero-order valence-electron chi connectivity index (χ0n) is 20.5. The average molecular weight is 466 g/mol. The molecule has 0 radical (unpaired) electrons. The van der Waals surface area contributed by atoms with Gasteiger partial charge >= 0.3 is 0 Å². The van der Waals surface area contributed by atoms with Crippen molar-refractivity contribution in [3.05, 3.63) is 95.8 Å². The van der Waals surface area contributed by atoms with Gasteiger partial charge in [0.15, 0.2) is 0 Å². The van der Waals surface area contributed by atoms with Crippen LogP contribution in [0.1, 0.15) is 21.6 Å². The summed E-state index contributed by atoms with van der Waals surface area (Å²) >= 11 is 0. The zero-order chi connectivity index (χ0) is 24.4. The number of para-hydroxylation sites is 1. The summed E-state index contributed by atoms with van der Waals surface area (Å²) < 4.78 is 1.95. The first-order chi connectivity index (χ1) is 17.0. The predicted octanol–water partition coefficient (Wildman–Crippen LogP) is 5.16. The molecule has 3 aromatic carbocycles. The number of likely N-dealkylation sites (N-methyl/N-ethyl adjacent to an activating group) is 1. The van der Waals surface area contributed by atoms with E-state index in [0.29, 0.717) is 5.56 Å². The van der Waals surface area contributed by atoms with E-state index in [1.165, 1.54) is 0 Å². The van der Waals surface area contributed by atoms with Crippen molar-refractivity contribution < 1.29 is 4.79 Å². The van der Waals surface area contributed by atoms with Crippen LogP contribution in [-0.2, 0) is 0 Å². The smallest absolute Gasteiger partial charge is 0.255 e. The topological polar surface area (TPSA) is 53.4 Å². The third-order valence-electron chi connectivity index (χ3n) is 6.69. The fourth-order valence-corrected chi connectivity index (χ4v) is 4.63. The molecular formula is C29H31N5O. The van der Waals surface area contributed by atoms with Crippen molar-refractivity contribution >= 4 is 17.3 Å². The molecule has 2 heterocycles. The highest BCUT2D eigenvalue weighted by Crippen LogP contribution is 2.34. The Labute approximate surface area is 206 Å². The van der Waals surface area contributed by atoms with E-state index in [4.69, 9.17) is 0 Å². The van der Waals surface area contributed by atoms with E-state index >= 15 is 0 Å². The van der Waals surface area contributed by atoms with Gasteiger partial charge in [0.25, 0.3) is 5.91 Å². The molecule has 1 saturated heterocycles. The van der Waals surface area contributed by atoms with Gasteiger partial charge in [0.2, 0.25) is 0 Å². The molecule has 0 aliphatic carbocycles. The monoisotopic (exact) mass is 465 g/mol. The van der Waals surface area contributed by atoms with E-state index in [2.05, 4.69) is 52.4 Å². The number of amides is 1. The van der Waals surface area contributed by atoms with Crippen molar-refractivity contribution in [3.8, 4) is 16.8 Å². The third-order valence-corrected chi connectivity index (χ3v) is 6.69. The van der Waals surface area contributed by atoms with Crippen LogP contribution in [0, 0.1) is 13.8 Å². The molecule has 0 bridgehead atoms. The van der Waals surface area contributed by atoms with Crippen LogP contribution in [0.2, 0.25) is 0 Å². The van der Waals surface area contributed by atoms with E-state index < -0.39 is 0 Å². The number of benzene rings is 3. The van der Waals surface area contributed by atoms with Crippen molar-refractivity contribution in [2.75, 3.05) is 43.4 Å². The van der Waals surface area contributed by atoms with Crippen molar-refractivity contribution in [1.82, 2.24) is 14.7 Å². The number of piperazine rings is 1. The highest BCUT2D eigenvalue weighted by molar-refractivity contribution is 6.06. The summed E-state index contributed by atoms with van der Waals surface area (Å²) in [5.41, 5.74) is 7.76. The molecule has 6 nitrogen and oxygen atoms in total. The molecule has 0 saturated carbocycles. The Morgan fingerprint density at radius 2 is 1.66 bits per heavy atom. The minimum atomic E-state index is -0.0991. The predicted molar refractivity (Wildman–Crippen MR) is 143 cm³/mol. The molecule has 178 valence electrons. The number of anilines is 2. The van der Waals surface area contributed by atoms with Gasteiger partial charge in [0.1, 0.15) is 0 Å². The first-order valence-corrected chi connectivity index (χ1v) is 12.1. The van der Waals surface area contributed by atoms with E-state index in [1.807, 2.05) is 72.4 Å². The van der Waals surface area contributed by atoms with Crippen LogP contribution in [-0.4, -0.2) is 53.8 Å². The number of rotatable bonds is 5. The SMILES string of the molecule is Cc1cccc(C(=O)Nc2cc(-c3cnn(-c4ccccc4)c3C)ccc2N2CCN(C)CC2)c1. The van der Waals surface area contributed by atoms with Crippen molar-refractivity contribution in [3.63, 3.8) is 0 Å². The van der Waals surface area contributed by atoms with E-state index in [0.717, 1.165) is 65.6 Å². The first-order valence-electron chi connectivity index (χ1n) is 12.1. The van der Waals surface area contributed by atoms with E-state index in [9.17, 15) is 4.79 Å². The molecule has 1 N–H and O–H groups in total. The van der Waals surface area contributed by atoms with Gasteiger partial charge in [-0.3, -0.25) is 4.79 Å². The van der Waals surface area contributed by atoms with Gasteiger partial charge in [-0.2, -0.15) is 5.10 Å². The number of carbonyl (C=O) groups is 1. The van der Waals surface area contributed by atoms with Crippen molar-refractivity contribution in [2.24, 2.45) is 0 Å². The van der Waals surface area contributed by atoms with Crippen LogP contribution in [0.4, 0.5) is 11.4 Å². The quantitative estimate of drug-likeness (QED) is 0.442. The molecule has 1 aliphatic heterocycles. The molecule has 1 fully saturated rings.